The van der Waals surface area contributed by atoms with Gasteiger partial charge < -0.3 is 19.5 Å². The fraction of sp³-hybridized carbons (Fsp3) is 0.824. The summed E-state index contributed by atoms with van der Waals surface area (Å²) in [6.07, 6.45) is 3.87. The van der Waals surface area contributed by atoms with Gasteiger partial charge in [-0.2, -0.15) is 0 Å². The molecule has 1 aromatic rings. The van der Waals surface area contributed by atoms with Gasteiger partial charge in [-0.1, -0.05) is 5.21 Å². The number of amides is 1. The summed E-state index contributed by atoms with van der Waals surface area (Å²) in [5.41, 5.74) is 2.19. The van der Waals surface area contributed by atoms with Gasteiger partial charge in [0.2, 0.25) is 0 Å². The lowest BCUT2D eigenvalue weighted by Gasteiger charge is -2.21. The van der Waals surface area contributed by atoms with Gasteiger partial charge in [-0.3, -0.25) is 0 Å². The van der Waals surface area contributed by atoms with E-state index >= 15 is 0 Å². The monoisotopic (exact) mass is 354 g/mol. The third-order valence-corrected chi connectivity index (χ3v) is 4.12. The van der Waals surface area contributed by atoms with E-state index in [1.54, 1.807) is 7.11 Å². The Morgan fingerprint density at radius 3 is 2.88 bits per heavy atom. The van der Waals surface area contributed by atoms with E-state index in [2.05, 4.69) is 15.6 Å². The van der Waals surface area contributed by atoms with E-state index in [-0.39, 0.29) is 18.2 Å². The molecule has 0 fully saturated rings. The zero-order chi connectivity index (χ0) is 18.1. The van der Waals surface area contributed by atoms with Crippen LogP contribution >= 0.6 is 0 Å². The second-order valence-corrected chi connectivity index (χ2v) is 6.57. The Labute approximate surface area is 149 Å². The number of alkyl carbamates (subject to hydrolysis) is 1. The van der Waals surface area contributed by atoms with Crippen molar-refractivity contribution in [2.45, 2.75) is 64.6 Å². The predicted octanol–water partition coefficient (Wildman–Crippen LogP) is 1.71. The van der Waals surface area contributed by atoms with Crippen LogP contribution in [0, 0.1) is 0 Å². The number of fused-ring (bicyclic) bond motifs is 1. The lowest BCUT2D eigenvalue weighted by Crippen LogP contribution is -2.34. The molecule has 1 aliphatic carbocycles. The Hall–Kier alpha value is -1.67. The summed E-state index contributed by atoms with van der Waals surface area (Å²) in [4.78, 5) is 11.8. The summed E-state index contributed by atoms with van der Waals surface area (Å²) in [5, 5.41) is 11.3. The largest absolute Gasteiger partial charge is 0.446 e. The average Bonchev–Trinajstić information content (AvgIpc) is 2.90. The highest BCUT2D eigenvalue weighted by atomic mass is 16.6. The standard InChI is InChI=1S/C17H30N4O4/c1-13(2)18-17(22)25-14-5-4-6-16-15(8-7-14)19-20-21(16)9-10-24-12-11-23-3/h13-14H,4-12H2,1-3H3,(H,18,22). The van der Waals surface area contributed by atoms with Crippen LogP contribution in [0.1, 0.15) is 44.5 Å². The van der Waals surface area contributed by atoms with Crippen LogP contribution in [0.4, 0.5) is 4.79 Å². The molecule has 0 aromatic carbocycles. The minimum Gasteiger partial charge on any atom is -0.446 e. The van der Waals surface area contributed by atoms with Gasteiger partial charge in [0.25, 0.3) is 0 Å². The summed E-state index contributed by atoms with van der Waals surface area (Å²) in [6.45, 7) is 6.32. The first kappa shape index (κ1) is 19.7. The van der Waals surface area contributed by atoms with Gasteiger partial charge in [-0.15, -0.1) is 5.10 Å². The highest BCUT2D eigenvalue weighted by Crippen LogP contribution is 2.20. The molecule has 1 N–H and O–H groups in total. The van der Waals surface area contributed by atoms with E-state index in [1.165, 1.54) is 5.69 Å². The van der Waals surface area contributed by atoms with Gasteiger partial charge >= 0.3 is 6.09 Å². The number of aromatic nitrogens is 3. The van der Waals surface area contributed by atoms with Gasteiger partial charge in [-0.05, 0) is 46.0 Å². The van der Waals surface area contributed by atoms with Crippen LogP contribution in [0.15, 0.2) is 0 Å². The van der Waals surface area contributed by atoms with Crippen LogP contribution < -0.4 is 5.32 Å². The minimum absolute atomic E-state index is 0.0607. The third kappa shape index (κ3) is 6.62. The number of aryl methyl sites for hydroxylation is 1. The van der Waals surface area contributed by atoms with E-state index in [4.69, 9.17) is 14.2 Å². The SMILES string of the molecule is COCCOCCn1nnc2c1CCCC(OC(=O)NC(C)C)CC2. The van der Waals surface area contributed by atoms with Crippen LogP contribution in [-0.2, 0) is 33.6 Å². The summed E-state index contributed by atoms with van der Waals surface area (Å²) in [5.74, 6) is 0. The maximum atomic E-state index is 11.8. The van der Waals surface area contributed by atoms with Gasteiger partial charge in [0.05, 0.1) is 37.8 Å². The summed E-state index contributed by atoms with van der Waals surface area (Å²) in [7, 11) is 1.66. The first-order valence-corrected chi connectivity index (χ1v) is 9.05. The number of ether oxygens (including phenoxy) is 3. The second kappa shape index (κ2) is 10.4. The van der Waals surface area contributed by atoms with Crippen LogP contribution in [0.3, 0.4) is 0 Å². The molecular weight excluding hydrogens is 324 g/mol. The number of carbonyl (C=O) groups is 1. The molecule has 1 amide bonds. The van der Waals surface area contributed by atoms with E-state index in [0.717, 1.165) is 37.8 Å². The molecular formula is C17H30N4O4. The van der Waals surface area contributed by atoms with Crippen molar-refractivity contribution < 1.29 is 19.0 Å². The molecule has 1 atom stereocenters. The fourth-order valence-electron chi connectivity index (χ4n) is 2.89. The van der Waals surface area contributed by atoms with Crippen molar-refractivity contribution in [3.63, 3.8) is 0 Å². The van der Waals surface area contributed by atoms with Crippen LogP contribution in [0.25, 0.3) is 0 Å². The number of nitrogens with one attached hydrogen (secondary N) is 1. The first-order valence-electron chi connectivity index (χ1n) is 9.05. The van der Waals surface area contributed by atoms with E-state index in [1.807, 2.05) is 18.5 Å². The van der Waals surface area contributed by atoms with Crippen molar-refractivity contribution in [3.05, 3.63) is 11.4 Å². The number of nitrogens with zero attached hydrogens (tertiary/aromatic N) is 3. The molecule has 0 spiro atoms. The molecule has 1 aromatic heterocycles. The van der Waals surface area contributed by atoms with Crippen LogP contribution in [0.5, 0.6) is 0 Å². The Bertz CT molecular complexity index is 533. The van der Waals surface area contributed by atoms with Gasteiger partial charge in [0.1, 0.15) is 6.10 Å². The Morgan fingerprint density at radius 2 is 2.12 bits per heavy atom. The normalized spacial score (nSPS) is 17.7. The number of hydrogen-bond donors (Lipinski definition) is 1. The molecule has 2 rings (SSSR count). The van der Waals surface area contributed by atoms with Crippen molar-refractivity contribution in [2.24, 2.45) is 0 Å². The molecule has 25 heavy (non-hydrogen) atoms. The summed E-state index contributed by atoms with van der Waals surface area (Å²) in [6, 6.07) is 0.0821. The van der Waals surface area contributed by atoms with Gasteiger partial charge in [0, 0.05) is 13.2 Å². The van der Waals surface area contributed by atoms with Gasteiger partial charge in [0.15, 0.2) is 0 Å². The Balaban J connectivity index is 1.83. The molecule has 0 radical (unpaired) electrons. The molecule has 1 unspecified atom stereocenters. The molecule has 0 saturated heterocycles. The zero-order valence-electron chi connectivity index (χ0n) is 15.5. The Kier molecular flexibility index (Phi) is 8.14. The lowest BCUT2D eigenvalue weighted by molar-refractivity contribution is 0.0647. The highest BCUT2D eigenvalue weighted by Gasteiger charge is 2.22. The predicted molar refractivity (Wildman–Crippen MR) is 92.5 cm³/mol. The average molecular weight is 354 g/mol. The fourth-order valence-corrected chi connectivity index (χ4v) is 2.89. The smallest absolute Gasteiger partial charge is 0.407 e. The Morgan fingerprint density at radius 1 is 1.28 bits per heavy atom. The molecule has 0 aliphatic heterocycles. The first-order chi connectivity index (χ1) is 12.1. The third-order valence-electron chi connectivity index (χ3n) is 4.12. The quantitative estimate of drug-likeness (QED) is 0.715. The van der Waals surface area contributed by atoms with Crippen LogP contribution in [0.2, 0.25) is 0 Å². The maximum absolute atomic E-state index is 11.8. The minimum atomic E-state index is -0.336. The zero-order valence-corrected chi connectivity index (χ0v) is 15.5. The molecule has 1 aliphatic rings. The lowest BCUT2D eigenvalue weighted by atomic mass is 9.99. The number of methoxy groups -OCH3 is 1. The van der Waals surface area contributed by atoms with Crippen molar-refractivity contribution in [1.82, 2.24) is 20.3 Å². The number of rotatable bonds is 8. The van der Waals surface area contributed by atoms with E-state index in [0.29, 0.717) is 26.4 Å². The summed E-state index contributed by atoms with van der Waals surface area (Å²) >= 11 is 0. The van der Waals surface area contributed by atoms with Crippen molar-refractivity contribution in [2.75, 3.05) is 26.9 Å². The number of carbonyl (C=O) groups excluding carboxylic acids is 1. The molecule has 8 heteroatoms. The van der Waals surface area contributed by atoms with Gasteiger partial charge in [-0.25, -0.2) is 9.48 Å². The molecule has 142 valence electrons. The van der Waals surface area contributed by atoms with Crippen molar-refractivity contribution in [1.29, 1.82) is 0 Å². The molecule has 1 heterocycles. The highest BCUT2D eigenvalue weighted by molar-refractivity contribution is 5.67. The van der Waals surface area contributed by atoms with E-state index < -0.39 is 0 Å². The van der Waals surface area contributed by atoms with Crippen molar-refractivity contribution in [3.8, 4) is 0 Å². The molecule has 0 bridgehead atoms. The topological polar surface area (TPSA) is 87.5 Å². The molecule has 8 nitrogen and oxygen atoms in total. The van der Waals surface area contributed by atoms with Crippen LogP contribution in [-0.4, -0.2) is 60.2 Å². The maximum Gasteiger partial charge on any atom is 0.407 e. The molecule has 0 saturated carbocycles. The van der Waals surface area contributed by atoms with E-state index in [9.17, 15) is 4.79 Å². The second-order valence-electron chi connectivity index (χ2n) is 6.57. The number of hydrogen-bond acceptors (Lipinski definition) is 6. The summed E-state index contributed by atoms with van der Waals surface area (Å²) < 4.78 is 17.9. The van der Waals surface area contributed by atoms with Crippen molar-refractivity contribution >= 4 is 6.09 Å².